The van der Waals surface area contributed by atoms with Crippen molar-refractivity contribution < 1.29 is 9.53 Å². The number of fused-ring (bicyclic) bond motifs is 3. The number of hydrogen-bond donors (Lipinski definition) is 2. The Hall–Kier alpha value is -3.68. The summed E-state index contributed by atoms with van der Waals surface area (Å²) < 4.78 is 7.01. The second-order valence-corrected chi connectivity index (χ2v) is 7.14. The number of nitrogens with one attached hydrogen (secondary N) is 2. The molecule has 0 radical (unpaired) electrons. The van der Waals surface area contributed by atoms with E-state index in [1.807, 2.05) is 49.4 Å². The lowest BCUT2D eigenvalue weighted by molar-refractivity contribution is -0.119. The van der Waals surface area contributed by atoms with Gasteiger partial charge in [0.2, 0.25) is 11.9 Å². The zero-order chi connectivity index (χ0) is 20.0. The Morgan fingerprint density at radius 1 is 1.21 bits per heavy atom. The third-order valence-electron chi connectivity index (χ3n) is 5.11. The van der Waals surface area contributed by atoms with E-state index in [9.17, 15) is 4.79 Å². The van der Waals surface area contributed by atoms with Crippen LogP contribution in [0.3, 0.4) is 0 Å². The molecular weight excluding hydrogens is 368 g/mol. The van der Waals surface area contributed by atoms with Crippen molar-refractivity contribution in [2.75, 3.05) is 19.0 Å². The summed E-state index contributed by atoms with van der Waals surface area (Å²) in [5, 5.41) is 11.7. The average molecular weight is 388 g/mol. The summed E-state index contributed by atoms with van der Waals surface area (Å²) in [6, 6.07) is 13.3. The number of nitrogens with zero attached hydrogens (tertiary/aromatic N) is 4. The van der Waals surface area contributed by atoms with Crippen LogP contribution in [-0.4, -0.2) is 45.2 Å². The van der Waals surface area contributed by atoms with Crippen LogP contribution in [0.1, 0.15) is 12.0 Å². The summed E-state index contributed by atoms with van der Waals surface area (Å²) in [5.41, 5.74) is 3.45. The number of carbonyl (C=O) groups is 1. The molecule has 5 rings (SSSR count). The number of benzene rings is 2. The first-order chi connectivity index (χ1) is 14.1. The highest BCUT2D eigenvalue weighted by Crippen LogP contribution is 2.27. The third-order valence-corrected chi connectivity index (χ3v) is 5.11. The molecule has 0 spiro atoms. The number of aromatic nitrogens is 4. The van der Waals surface area contributed by atoms with Crippen molar-refractivity contribution >= 4 is 28.4 Å². The predicted molar refractivity (Wildman–Crippen MR) is 110 cm³/mol. The topological polar surface area (TPSA) is 93.4 Å². The van der Waals surface area contributed by atoms with Gasteiger partial charge in [-0.25, -0.2) is 9.97 Å². The van der Waals surface area contributed by atoms with Crippen LogP contribution in [0.2, 0.25) is 0 Å². The van der Waals surface area contributed by atoms with E-state index in [2.05, 4.69) is 10.6 Å². The number of ether oxygens (including phenoxy) is 1. The minimum absolute atomic E-state index is 0.0305. The Balaban J connectivity index is 1.71. The van der Waals surface area contributed by atoms with Gasteiger partial charge in [-0.05, 0) is 37.6 Å². The minimum atomic E-state index is -0.335. The number of amides is 1. The lowest BCUT2D eigenvalue weighted by Gasteiger charge is -2.12. The standard InChI is InChI=1S/C21H20N6O2/c1-12-6-7-16-15(10-12)19-25-18(13-4-3-5-14(11-13)29-2)26-27(19)21(23-16)24-17-8-9-22-20(17)28/h3-7,10-11,17H,8-9H2,1-2H3,(H,22,28)(H,23,24)/t17-/m0/s1. The molecule has 1 fully saturated rings. The number of anilines is 1. The van der Waals surface area contributed by atoms with E-state index >= 15 is 0 Å². The van der Waals surface area contributed by atoms with E-state index in [-0.39, 0.29) is 11.9 Å². The Morgan fingerprint density at radius 2 is 2.10 bits per heavy atom. The highest BCUT2D eigenvalue weighted by Gasteiger charge is 2.26. The molecule has 1 aliphatic rings. The van der Waals surface area contributed by atoms with E-state index < -0.39 is 0 Å². The fourth-order valence-corrected chi connectivity index (χ4v) is 3.59. The average Bonchev–Trinajstić information content (AvgIpc) is 3.36. The van der Waals surface area contributed by atoms with Gasteiger partial charge < -0.3 is 15.4 Å². The second kappa shape index (κ2) is 6.73. The quantitative estimate of drug-likeness (QED) is 0.558. The van der Waals surface area contributed by atoms with E-state index in [0.29, 0.717) is 30.4 Å². The molecule has 2 N–H and O–H groups in total. The molecule has 0 aliphatic carbocycles. The van der Waals surface area contributed by atoms with Crippen LogP contribution in [0.15, 0.2) is 42.5 Å². The summed E-state index contributed by atoms with van der Waals surface area (Å²) in [6.07, 6.45) is 0.700. The number of rotatable bonds is 4. The van der Waals surface area contributed by atoms with Crippen molar-refractivity contribution in [1.82, 2.24) is 24.9 Å². The largest absolute Gasteiger partial charge is 0.497 e. The molecule has 0 unspecified atom stereocenters. The molecule has 1 saturated heterocycles. The molecule has 8 nitrogen and oxygen atoms in total. The Labute approximate surface area is 166 Å². The van der Waals surface area contributed by atoms with Gasteiger partial charge in [-0.15, -0.1) is 5.10 Å². The van der Waals surface area contributed by atoms with Crippen LogP contribution in [0, 0.1) is 6.92 Å². The van der Waals surface area contributed by atoms with Gasteiger partial charge in [-0.3, -0.25) is 4.79 Å². The Bertz CT molecular complexity index is 1250. The van der Waals surface area contributed by atoms with Crippen molar-refractivity contribution in [3.8, 4) is 17.1 Å². The molecule has 2 aromatic heterocycles. The summed E-state index contributed by atoms with van der Waals surface area (Å²) in [5.74, 6) is 1.77. The molecule has 1 aliphatic heterocycles. The van der Waals surface area contributed by atoms with Crippen LogP contribution in [0.5, 0.6) is 5.75 Å². The first kappa shape index (κ1) is 17.4. The fourth-order valence-electron chi connectivity index (χ4n) is 3.59. The molecule has 2 aromatic carbocycles. The van der Waals surface area contributed by atoms with Gasteiger partial charge in [0.15, 0.2) is 11.5 Å². The van der Waals surface area contributed by atoms with Crippen molar-refractivity contribution in [2.45, 2.75) is 19.4 Å². The summed E-state index contributed by atoms with van der Waals surface area (Å²) in [4.78, 5) is 21.6. The lowest BCUT2D eigenvalue weighted by Crippen LogP contribution is -2.30. The van der Waals surface area contributed by atoms with Gasteiger partial charge in [-0.1, -0.05) is 23.8 Å². The number of methoxy groups -OCH3 is 1. The normalized spacial score (nSPS) is 16.3. The third kappa shape index (κ3) is 3.02. The van der Waals surface area contributed by atoms with Gasteiger partial charge in [-0.2, -0.15) is 4.52 Å². The monoisotopic (exact) mass is 388 g/mol. The molecule has 4 aromatic rings. The van der Waals surface area contributed by atoms with Crippen molar-refractivity contribution in [1.29, 1.82) is 0 Å². The first-order valence-corrected chi connectivity index (χ1v) is 9.48. The van der Waals surface area contributed by atoms with Gasteiger partial charge in [0, 0.05) is 17.5 Å². The molecule has 3 heterocycles. The maximum atomic E-state index is 12.1. The van der Waals surface area contributed by atoms with Gasteiger partial charge in [0.05, 0.1) is 12.6 Å². The molecule has 146 valence electrons. The molecular formula is C21H20N6O2. The zero-order valence-corrected chi connectivity index (χ0v) is 16.1. The zero-order valence-electron chi connectivity index (χ0n) is 16.1. The van der Waals surface area contributed by atoms with Gasteiger partial charge >= 0.3 is 0 Å². The maximum absolute atomic E-state index is 12.1. The summed E-state index contributed by atoms with van der Waals surface area (Å²) in [7, 11) is 1.63. The second-order valence-electron chi connectivity index (χ2n) is 7.14. The molecule has 1 atom stereocenters. The highest BCUT2D eigenvalue weighted by atomic mass is 16.5. The molecule has 29 heavy (non-hydrogen) atoms. The van der Waals surface area contributed by atoms with Crippen LogP contribution in [-0.2, 0) is 4.79 Å². The molecule has 0 saturated carbocycles. The van der Waals surface area contributed by atoms with E-state index in [1.165, 1.54) is 0 Å². The van der Waals surface area contributed by atoms with Crippen LogP contribution in [0.4, 0.5) is 5.95 Å². The number of aryl methyl sites for hydroxylation is 1. The van der Waals surface area contributed by atoms with Crippen molar-refractivity contribution in [3.63, 3.8) is 0 Å². The van der Waals surface area contributed by atoms with Crippen LogP contribution in [0.25, 0.3) is 27.9 Å². The number of hydrogen-bond acceptors (Lipinski definition) is 6. The fraction of sp³-hybridized carbons (Fsp3) is 0.238. The Morgan fingerprint density at radius 3 is 2.90 bits per heavy atom. The Kier molecular flexibility index (Phi) is 4.04. The predicted octanol–water partition coefficient (Wildman–Crippen LogP) is 2.56. The number of carbonyl (C=O) groups excluding carboxylic acids is 1. The van der Waals surface area contributed by atoms with Crippen molar-refractivity contribution in [2.24, 2.45) is 0 Å². The van der Waals surface area contributed by atoms with Crippen molar-refractivity contribution in [3.05, 3.63) is 48.0 Å². The lowest BCUT2D eigenvalue weighted by atomic mass is 10.1. The summed E-state index contributed by atoms with van der Waals surface area (Å²) in [6.45, 7) is 2.68. The molecule has 0 bridgehead atoms. The van der Waals surface area contributed by atoms with E-state index in [1.54, 1.807) is 11.6 Å². The van der Waals surface area contributed by atoms with Gasteiger partial charge in [0.25, 0.3) is 0 Å². The molecule has 1 amide bonds. The smallest absolute Gasteiger partial charge is 0.242 e. The molecule has 8 heteroatoms. The van der Waals surface area contributed by atoms with Crippen LogP contribution >= 0.6 is 0 Å². The van der Waals surface area contributed by atoms with Crippen LogP contribution < -0.4 is 15.4 Å². The first-order valence-electron chi connectivity index (χ1n) is 9.48. The maximum Gasteiger partial charge on any atom is 0.242 e. The van der Waals surface area contributed by atoms with E-state index in [4.69, 9.17) is 19.8 Å². The van der Waals surface area contributed by atoms with E-state index in [0.717, 1.165) is 27.8 Å². The SMILES string of the molecule is COc1cccc(-c2nc3c4cc(C)ccc4nc(N[C@H]4CCNC4=O)n3n2)c1. The van der Waals surface area contributed by atoms with Gasteiger partial charge in [0.1, 0.15) is 11.8 Å². The highest BCUT2D eigenvalue weighted by molar-refractivity contribution is 5.94. The summed E-state index contributed by atoms with van der Waals surface area (Å²) >= 11 is 0. The minimum Gasteiger partial charge on any atom is -0.497 e.